The second-order valence-corrected chi connectivity index (χ2v) is 2.58. The summed E-state index contributed by atoms with van der Waals surface area (Å²) in [5, 5.41) is 8.40. The van der Waals surface area contributed by atoms with Gasteiger partial charge in [0.25, 0.3) is 0 Å². The number of carbonyl (C=O) groups is 1. The molecular formula is C7H12O3. The van der Waals surface area contributed by atoms with Crippen LogP contribution >= 0.6 is 0 Å². The first-order valence-electron chi connectivity index (χ1n) is 3.64. The zero-order chi connectivity index (χ0) is 7.56. The molecule has 1 fully saturated rings. The third kappa shape index (κ3) is 1.70. The maximum Gasteiger partial charge on any atom is 0.335 e. The first-order chi connectivity index (χ1) is 4.75. The molecule has 1 saturated heterocycles. The quantitative estimate of drug-likeness (QED) is 0.599. The van der Waals surface area contributed by atoms with Crippen molar-refractivity contribution in [2.24, 2.45) is 0 Å². The molecule has 0 spiro atoms. The lowest BCUT2D eigenvalue weighted by atomic mass is 10.2. The second kappa shape index (κ2) is 3.01. The molecule has 1 rings (SSSR count). The summed E-state index contributed by atoms with van der Waals surface area (Å²) in [4.78, 5) is 10.2. The minimum Gasteiger partial charge on any atom is -0.479 e. The van der Waals surface area contributed by atoms with E-state index in [1.165, 1.54) is 0 Å². The molecule has 0 aliphatic carbocycles. The van der Waals surface area contributed by atoms with E-state index in [-0.39, 0.29) is 6.10 Å². The summed E-state index contributed by atoms with van der Waals surface area (Å²) in [6.07, 6.45) is 2.58. The van der Waals surface area contributed by atoms with Gasteiger partial charge in [-0.3, -0.25) is 0 Å². The average molecular weight is 144 g/mol. The number of hydrogen-bond acceptors (Lipinski definition) is 2. The van der Waals surface area contributed by atoms with E-state index < -0.39 is 12.1 Å². The van der Waals surface area contributed by atoms with E-state index in [1.807, 2.05) is 0 Å². The van der Waals surface area contributed by atoms with Crippen molar-refractivity contribution in [1.82, 2.24) is 0 Å². The Morgan fingerprint density at radius 1 is 1.70 bits per heavy atom. The third-order valence-corrected chi connectivity index (χ3v) is 1.67. The van der Waals surface area contributed by atoms with Crippen LogP contribution in [0.5, 0.6) is 0 Å². The van der Waals surface area contributed by atoms with Gasteiger partial charge in [-0.15, -0.1) is 0 Å². The third-order valence-electron chi connectivity index (χ3n) is 1.67. The van der Waals surface area contributed by atoms with E-state index in [4.69, 9.17) is 9.84 Å². The van der Waals surface area contributed by atoms with Crippen LogP contribution in [0, 0.1) is 0 Å². The topological polar surface area (TPSA) is 49.8 Å². The van der Waals surface area contributed by atoms with E-state index in [0.29, 0.717) is 0 Å². The number of carboxylic acids is 1. The number of ether oxygens (including phenoxy) is 1. The number of rotatable bonds is 4. The fourth-order valence-electron chi connectivity index (χ4n) is 0.985. The fourth-order valence-corrected chi connectivity index (χ4v) is 0.985. The number of epoxide rings is 1. The van der Waals surface area contributed by atoms with Gasteiger partial charge < -0.3 is 9.84 Å². The Labute approximate surface area is 60.0 Å². The van der Waals surface area contributed by atoms with E-state index in [0.717, 1.165) is 19.3 Å². The van der Waals surface area contributed by atoms with Crippen molar-refractivity contribution < 1.29 is 14.6 Å². The zero-order valence-corrected chi connectivity index (χ0v) is 6.04. The van der Waals surface area contributed by atoms with Crippen molar-refractivity contribution in [3.05, 3.63) is 0 Å². The smallest absolute Gasteiger partial charge is 0.335 e. The maximum absolute atomic E-state index is 10.2. The fraction of sp³-hybridized carbons (Fsp3) is 0.857. The molecule has 1 heterocycles. The van der Waals surface area contributed by atoms with Crippen molar-refractivity contribution in [2.75, 3.05) is 0 Å². The molecule has 0 aromatic carbocycles. The summed E-state index contributed by atoms with van der Waals surface area (Å²) in [7, 11) is 0. The molecule has 0 aromatic rings. The Kier molecular flexibility index (Phi) is 2.27. The van der Waals surface area contributed by atoms with Crippen LogP contribution in [-0.4, -0.2) is 23.3 Å². The lowest BCUT2D eigenvalue weighted by molar-refractivity contribution is -0.138. The van der Waals surface area contributed by atoms with Crippen LogP contribution in [0.3, 0.4) is 0 Å². The molecule has 0 unspecified atom stereocenters. The molecule has 0 bridgehead atoms. The van der Waals surface area contributed by atoms with Gasteiger partial charge >= 0.3 is 5.97 Å². The minimum absolute atomic E-state index is 0.0115. The van der Waals surface area contributed by atoms with Gasteiger partial charge in [-0.25, -0.2) is 4.79 Å². The Morgan fingerprint density at radius 3 is 2.80 bits per heavy atom. The Bertz CT molecular complexity index is 133. The summed E-state index contributed by atoms with van der Waals surface area (Å²) < 4.78 is 4.88. The summed E-state index contributed by atoms with van der Waals surface area (Å²) in [6, 6.07) is 0. The van der Waals surface area contributed by atoms with Crippen molar-refractivity contribution in [3.8, 4) is 0 Å². The standard InChI is InChI=1S/C7H12O3/c1-2-3-4-5-6(10-5)7(8)9/h5-6H,2-4H2,1H3,(H,8,9)/t5-,6-/m0/s1. The summed E-state index contributed by atoms with van der Waals surface area (Å²) in [6.45, 7) is 2.08. The van der Waals surface area contributed by atoms with Gasteiger partial charge in [-0.1, -0.05) is 19.8 Å². The van der Waals surface area contributed by atoms with Crippen LogP contribution < -0.4 is 0 Å². The van der Waals surface area contributed by atoms with Crippen molar-refractivity contribution in [1.29, 1.82) is 0 Å². The molecule has 1 N–H and O–H groups in total. The molecule has 2 atom stereocenters. The maximum atomic E-state index is 10.2. The average Bonchev–Trinajstić information content (AvgIpc) is 2.62. The monoisotopic (exact) mass is 144 g/mol. The highest BCUT2D eigenvalue weighted by Gasteiger charge is 2.44. The van der Waals surface area contributed by atoms with Gasteiger partial charge in [-0.2, -0.15) is 0 Å². The summed E-state index contributed by atoms with van der Waals surface area (Å²) in [5.41, 5.74) is 0. The second-order valence-electron chi connectivity index (χ2n) is 2.58. The Balaban J connectivity index is 2.08. The molecule has 58 valence electrons. The number of unbranched alkanes of at least 4 members (excludes halogenated alkanes) is 1. The van der Waals surface area contributed by atoms with Crippen LogP contribution in [0.25, 0.3) is 0 Å². The molecule has 3 nitrogen and oxygen atoms in total. The van der Waals surface area contributed by atoms with Crippen LogP contribution in [-0.2, 0) is 9.53 Å². The van der Waals surface area contributed by atoms with Gasteiger partial charge in [0.2, 0.25) is 0 Å². The lowest BCUT2D eigenvalue weighted by Gasteiger charge is -1.88. The van der Waals surface area contributed by atoms with E-state index in [9.17, 15) is 4.79 Å². The SMILES string of the molecule is CCCC[C@@H]1O[C@@H]1C(=O)O. The largest absolute Gasteiger partial charge is 0.479 e. The first kappa shape index (κ1) is 7.54. The highest BCUT2D eigenvalue weighted by Crippen LogP contribution is 2.26. The van der Waals surface area contributed by atoms with Gasteiger partial charge in [0.15, 0.2) is 6.10 Å². The van der Waals surface area contributed by atoms with E-state index in [1.54, 1.807) is 0 Å². The molecule has 10 heavy (non-hydrogen) atoms. The Morgan fingerprint density at radius 2 is 2.40 bits per heavy atom. The summed E-state index contributed by atoms with van der Waals surface area (Å²) >= 11 is 0. The van der Waals surface area contributed by atoms with Crippen LogP contribution in [0.2, 0.25) is 0 Å². The summed E-state index contributed by atoms with van der Waals surface area (Å²) in [5.74, 6) is -0.818. The molecule has 0 saturated carbocycles. The first-order valence-corrected chi connectivity index (χ1v) is 3.64. The van der Waals surface area contributed by atoms with Crippen molar-refractivity contribution in [3.63, 3.8) is 0 Å². The van der Waals surface area contributed by atoms with Gasteiger partial charge in [-0.05, 0) is 6.42 Å². The lowest BCUT2D eigenvalue weighted by Crippen LogP contribution is -2.07. The van der Waals surface area contributed by atoms with Gasteiger partial charge in [0.1, 0.15) is 0 Å². The molecule has 0 aromatic heterocycles. The molecule has 0 amide bonds. The number of aliphatic carboxylic acids is 1. The molecule has 0 radical (unpaired) electrons. The van der Waals surface area contributed by atoms with Crippen LogP contribution in [0.1, 0.15) is 26.2 Å². The van der Waals surface area contributed by atoms with Crippen molar-refractivity contribution >= 4 is 5.97 Å². The molecular weight excluding hydrogens is 132 g/mol. The number of hydrogen-bond donors (Lipinski definition) is 1. The highest BCUT2D eigenvalue weighted by molar-refractivity contribution is 5.75. The van der Waals surface area contributed by atoms with E-state index in [2.05, 4.69) is 6.92 Å². The number of carboxylic acid groups (broad SMARTS) is 1. The molecule has 3 heteroatoms. The normalized spacial score (nSPS) is 30.1. The van der Waals surface area contributed by atoms with Gasteiger partial charge in [0.05, 0.1) is 6.10 Å². The Hall–Kier alpha value is -0.570. The van der Waals surface area contributed by atoms with Gasteiger partial charge in [0, 0.05) is 0 Å². The van der Waals surface area contributed by atoms with Crippen molar-refractivity contribution in [2.45, 2.75) is 38.4 Å². The predicted octanol–water partition coefficient (Wildman–Crippen LogP) is 1.03. The van der Waals surface area contributed by atoms with Crippen LogP contribution in [0.4, 0.5) is 0 Å². The predicted molar refractivity (Wildman–Crippen MR) is 35.8 cm³/mol. The zero-order valence-electron chi connectivity index (χ0n) is 6.04. The highest BCUT2D eigenvalue weighted by atomic mass is 16.6. The molecule has 1 aliphatic heterocycles. The minimum atomic E-state index is -0.818. The molecule has 1 aliphatic rings. The van der Waals surface area contributed by atoms with Crippen LogP contribution in [0.15, 0.2) is 0 Å². The van der Waals surface area contributed by atoms with E-state index >= 15 is 0 Å².